The smallest absolute Gasteiger partial charge is 0.341 e. The van der Waals surface area contributed by atoms with Crippen LogP contribution in [0.25, 0.3) is 0 Å². The second kappa shape index (κ2) is 6.06. The molecule has 104 valence electrons. The molecule has 1 aromatic carbocycles. The number of aryl methyl sites for hydroxylation is 1. The first-order valence-corrected chi connectivity index (χ1v) is 6.17. The maximum Gasteiger partial charge on any atom is 0.341 e. The molecule has 1 aromatic heterocycles. The Labute approximate surface area is 117 Å². The Bertz CT molecular complexity index is 599. The Morgan fingerprint density at radius 2 is 2.15 bits per heavy atom. The van der Waals surface area contributed by atoms with Gasteiger partial charge in [0.05, 0.1) is 11.9 Å². The monoisotopic (exact) mass is 272 g/mol. The normalized spacial score (nSPS) is 10.1. The zero-order chi connectivity index (χ0) is 14.5. The quantitative estimate of drug-likeness (QED) is 0.906. The highest BCUT2D eigenvalue weighted by molar-refractivity contribution is 5.69. The van der Waals surface area contributed by atoms with Crippen molar-refractivity contribution in [3.05, 3.63) is 48.3 Å². The van der Waals surface area contributed by atoms with Crippen LogP contribution in [0.15, 0.2) is 42.7 Å². The Morgan fingerprint density at radius 3 is 2.80 bits per heavy atom. The number of ether oxygens (including phenoxy) is 1. The fourth-order valence-corrected chi connectivity index (χ4v) is 1.79. The molecular weight excluding hydrogens is 256 g/mol. The number of pyridine rings is 1. The predicted octanol–water partition coefficient (Wildman–Crippen LogP) is 2.62. The van der Waals surface area contributed by atoms with Gasteiger partial charge in [-0.2, -0.15) is 0 Å². The zero-order valence-corrected chi connectivity index (χ0v) is 11.4. The Balaban J connectivity index is 2.24. The Hall–Kier alpha value is -2.56. The first kappa shape index (κ1) is 13.9. The lowest BCUT2D eigenvalue weighted by molar-refractivity contribution is -0.139. The molecule has 5 heteroatoms. The van der Waals surface area contributed by atoms with Gasteiger partial charge in [-0.1, -0.05) is 6.07 Å². The van der Waals surface area contributed by atoms with Gasteiger partial charge in [-0.25, -0.2) is 4.79 Å². The second-order valence-electron chi connectivity index (χ2n) is 4.40. The molecule has 0 fully saturated rings. The standard InChI is InChI=1S/C15H16N2O3/c1-11-5-6-12(8-14(11)20-10-15(18)19)17(2)13-4-3-7-16-9-13/h3-9H,10H2,1-2H3,(H,18,19). The number of carboxylic acid groups (broad SMARTS) is 1. The van der Waals surface area contributed by atoms with Crippen LogP contribution in [0.4, 0.5) is 11.4 Å². The van der Waals surface area contributed by atoms with E-state index in [4.69, 9.17) is 9.84 Å². The first-order chi connectivity index (χ1) is 9.58. The summed E-state index contributed by atoms with van der Waals surface area (Å²) >= 11 is 0. The molecule has 0 amide bonds. The average molecular weight is 272 g/mol. The van der Waals surface area contributed by atoms with Gasteiger partial charge in [0, 0.05) is 25.0 Å². The first-order valence-electron chi connectivity index (χ1n) is 6.17. The van der Waals surface area contributed by atoms with Crippen molar-refractivity contribution in [2.24, 2.45) is 0 Å². The molecule has 20 heavy (non-hydrogen) atoms. The van der Waals surface area contributed by atoms with E-state index in [1.54, 1.807) is 12.4 Å². The van der Waals surface area contributed by atoms with E-state index < -0.39 is 5.97 Å². The number of carbonyl (C=O) groups is 1. The highest BCUT2D eigenvalue weighted by Gasteiger charge is 2.08. The van der Waals surface area contributed by atoms with Gasteiger partial charge in [-0.05, 0) is 30.7 Å². The minimum absolute atomic E-state index is 0.346. The van der Waals surface area contributed by atoms with Gasteiger partial charge in [-0.15, -0.1) is 0 Å². The maximum atomic E-state index is 10.6. The Morgan fingerprint density at radius 1 is 1.35 bits per heavy atom. The number of hydrogen-bond donors (Lipinski definition) is 1. The minimum Gasteiger partial charge on any atom is -0.482 e. The fraction of sp³-hybridized carbons (Fsp3) is 0.200. The molecule has 5 nitrogen and oxygen atoms in total. The second-order valence-corrected chi connectivity index (χ2v) is 4.40. The molecule has 0 aliphatic rings. The maximum absolute atomic E-state index is 10.6. The van der Waals surface area contributed by atoms with Gasteiger partial charge in [0.25, 0.3) is 0 Å². The van der Waals surface area contributed by atoms with Gasteiger partial charge < -0.3 is 14.7 Å². The van der Waals surface area contributed by atoms with E-state index in [1.165, 1.54) is 0 Å². The number of hydrogen-bond acceptors (Lipinski definition) is 4. The van der Waals surface area contributed by atoms with E-state index >= 15 is 0 Å². The van der Waals surface area contributed by atoms with E-state index in [-0.39, 0.29) is 6.61 Å². The predicted molar refractivity (Wildman–Crippen MR) is 76.6 cm³/mol. The van der Waals surface area contributed by atoms with Crippen molar-refractivity contribution < 1.29 is 14.6 Å². The number of rotatable bonds is 5. The van der Waals surface area contributed by atoms with Gasteiger partial charge in [-0.3, -0.25) is 4.98 Å². The lowest BCUT2D eigenvalue weighted by atomic mass is 10.2. The molecule has 1 N–H and O–H groups in total. The molecule has 1 heterocycles. The summed E-state index contributed by atoms with van der Waals surface area (Å²) in [6.45, 7) is 1.53. The molecule has 0 saturated carbocycles. The SMILES string of the molecule is Cc1ccc(N(C)c2cccnc2)cc1OCC(=O)O. The molecular formula is C15H16N2O3. The molecule has 0 saturated heterocycles. The number of nitrogens with zero attached hydrogens (tertiary/aromatic N) is 2. The van der Waals surface area contributed by atoms with Gasteiger partial charge >= 0.3 is 5.97 Å². The number of anilines is 2. The molecule has 0 unspecified atom stereocenters. The molecule has 0 spiro atoms. The van der Waals surface area contributed by atoms with Crippen LogP contribution in [0.1, 0.15) is 5.56 Å². The fourth-order valence-electron chi connectivity index (χ4n) is 1.79. The van der Waals surface area contributed by atoms with E-state index in [2.05, 4.69) is 4.98 Å². The van der Waals surface area contributed by atoms with Crippen LogP contribution in [0.3, 0.4) is 0 Å². The van der Waals surface area contributed by atoms with E-state index in [0.717, 1.165) is 16.9 Å². The molecule has 0 aliphatic heterocycles. The van der Waals surface area contributed by atoms with Crippen LogP contribution in [0, 0.1) is 6.92 Å². The summed E-state index contributed by atoms with van der Waals surface area (Å²) < 4.78 is 5.28. The topological polar surface area (TPSA) is 62.7 Å². The van der Waals surface area contributed by atoms with Gasteiger partial charge in [0.2, 0.25) is 0 Å². The molecule has 0 aliphatic carbocycles. The van der Waals surface area contributed by atoms with Crippen molar-refractivity contribution in [1.82, 2.24) is 4.98 Å². The number of carboxylic acids is 1. The summed E-state index contributed by atoms with van der Waals surface area (Å²) in [6.07, 6.45) is 3.48. The van der Waals surface area contributed by atoms with Crippen molar-refractivity contribution >= 4 is 17.3 Å². The van der Waals surface area contributed by atoms with E-state index in [9.17, 15) is 4.79 Å². The molecule has 2 rings (SSSR count). The van der Waals surface area contributed by atoms with Gasteiger partial charge in [0.1, 0.15) is 5.75 Å². The lowest BCUT2D eigenvalue weighted by Crippen LogP contribution is -2.12. The molecule has 0 radical (unpaired) electrons. The summed E-state index contributed by atoms with van der Waals surface area (Å²) in [5.74, 6) is -0.420. The summed E-state index contributed by atoms with van der Waals surface area (Å²) in [7, 11) is 1.92. The Kier molecular flexibility index (Phi) is 4.20. The molecule has 0 bridgehead atoms. The van der Waals surface area contributed by atoms with Crippen LogP contribution in [0.5, 0.6) is 5.75 Å². The van der Waals surface area contributed by atoms with Crippen molar-refractivity contribution in [1.29, 1.82) is 0 Å². The van der Waals surface area contributed by atoms with Crippen molar-refractivity contribution in [2.45, 2.75) is 6.92 Å². The summed E-state index contributed by atoms with van der Waals surface area (Å²) in [5.41, 5.74) is 2.75. The van der Waals surface area contributed by atoms with Crippen LogP contribution < -0.4 is 9.64 Å². The van der Waals surface area contributed by atoms with Crippen LogP contribution in [-0.2, 0) is 4.79 Å². The van der Waals surface area contributed by atoms with Crippen LogP contribution >= 0.6 is 0 Å². The highest BCUT2D eigenvalue weighted by atomic mass is 16.5. The third kappa shape index (κ3) is 3.26. The minimum atomic E-state index is -0.990. The van der Waals surface area contributed by atoms with E-state index in [1.807, 2.05) is 49.2 Å². The average Bonchev–Trinajstić information content (AvgIpc) is 2.46. The summed E-state index contributed by atoms with van der Waals surface area (Å²) in [6, 6.07) is 9.49. The van der Waals surface area contributed by atoms with E-state index in [0.29, 0.717) is 5.75 Å². The third-order valence-electron chi connectivity index (χ3n) is 2.94. The zero-order valence-electron chi connectivity index (χ0n) is 11.4. The highest BCUT2D eigenvalue weighted by Crippen LogP contribution is 2.28. The van der Waals surface area contributed by atoms with Crippen molar-refractivity contribution in [3.63, 3.8) is 0 Å². The number of aliphatic carboxylic acids is 1. The molecule has 2 aromatic rings. The summed E-state index contributed by atoms with van der Waals surface area (Å²) in [5, 5.41) is 8.68. The van der Waals surface area contributed by atoms with Crippen LogP contribution in [-0.4, -0.2) is 29.7 Å². The third-order valence-corrected chi connectivity index (χ3v) is 2.94. The number of aromatic nitrogens is 1. The van der Waals surface area contributed by atoms with Crippen LogP contribution in [0.2, 0.25) is 0 Å². The van der Waals surface area contributed by atoms with Gasteiger partial charge in [0.15, 0.2) is 6.61 Å². The van der Waals surface area contributed by atoms with Crippen molar-refractivity contribution in [3.8, 4) is 5.75 Å². The summed E-state index contributed by atoms with van der Waals surface area (Å²) in [4.78, 5) is 16.6. The van der Waals surface area contributed by atoms with Crippen molar-refractivity contribution in [2.75, 3.05) is 18.6 Å². The lowest BCUT2D eigenvalue weighted by Gasteiger charge is -2.20. The number of benzene rings is 1. The molecule has 0 atom stereocenters. The largest absolute Gasteiger partial charge is 0.482 e.